The molecule has 1 unspecified atom stereocenters. The SMILES string of the molecule is CC[C@H](C)n1cnc2cc(-c3ccc4c(c3)N(C3CC(N5CCCC(F)C5)C3)C(=O)C43CCN(C(=O)OC(C)(C)C)CC3)nc(Cl)c21. The normalized spacial score (nSPS) is 25.3. The lowest BCUT2D eigenvalue weighted by Gasteiger charge is -2.48. The minimum atomic E-state index is -0.772. The van der Waals surface area contributed by atoms with Crippen LogP contribution >= 0.6 is 11.6 Å². The van der Waals surface area contributed by atoms with Gasteiger partial charge in [-0.1, -0.05) is 30.7 Å². The number of piperidine rings is 2. The monoisotopic (exact) mass is 664 g/mol. The quantitative estimate of drug-likeness (QED) is 0.266. The number of imidazole rings is 1. The van der Waals surface area contributed by atoms with Gasteiger partial charge in [0.1, 0.15) is 17.3 Å². The number of nitrogens with zero attached hydrogens (tertiary/aromatic N) is 6. The summed E-state index contributed by atoms with van der Waals surface area (Å²) in [5.41, 5.74) is 3.82. The average Bonchev–Trinajstić information content (AvgIpc) is 3.54. The third-order valence-corrected chi connectivity index (χ3v) is 11.2. The highest BCUT2D eigenvalue weighted by atomic mass is 35.5. The molecule has 3 aliphatic heterocycles. The molecule has 252 valence electrons. The number of hydrogen-bond donors (Lipinski definition) is 0. The summed E-state index contributed by atoms with van der Waals surface area (Å²) in [6, 6.07) is 8.74. The molecule has 9 nitrogen and oxygen atoms in total. The summed E-state index contributed by atoms with van der Waals surface area (Å²) in [5, 5.41) is 0.407. The van der Waals surface area contributed by atoms with Crippen molar-refractivity contribution in [3.63, 3.8) is 0 Å². The van der Waals surface area contributed by atoms with Gasteiger partial charge in [-0.3, -0.25) is 9.69 Å². The van der Waals surface area contributed by atoms with Gasteiger partial charge in [-0.25, -0.2) is 19.2 Å². The van der Waals surface area contributed by atoms with Crippen LogP contribution in [0.1, 0.15) is 91.2 Å². The number of aromatic nitrogens is 3. The number of pyridine rings is 1. The van der Waals surface area contributed by atoms with E-state index in [0.29, 0.717) is 49.7 Å². The van der Waals surface area contributed by atoms with Gasteiger partial charge in [0.15, 0.2) is 5.15 Å². The Labute approximate surface area is 281 Å². The first kappa shape index (κ1) is 32.3. The average molecular weight is 665 g/mol. The summed E-state index contributed by atoms with van der Waals surface area (Å²) in [5.74, 6) is 0.104. The van der Waals surface area contributed by atoms with E-state index in [4.69, 9.17) is 21.3 Å². The molecule has 1 spiro atoms. The maximum absolute atomic E-state index is 14.7. The van der Waals surface area contributed by atoms with Crippen LogP contribution in [0, 0.1) is 0 Å². The van der Waals surface area contributed by atoms with Crippen molar-refractivity contribution in [2.45, 2.75) is 115 Å². The molecule has 47 heavy (non-hydrogen) atoms. The van der Waals surface area contributed by atoms with E-state index in [2.05, 4.69) is 40.4 Å². The van der Waals surface area contributed by atoms with Gasteiger partial charge in [-0.2, -0.15) is 0 Å². The first-order valence-corrected chi connectivity index (χ1v) is 17.6. The van der Waals surface area contributed by atoms with Gasteiger partial charge in [0, 0.05) is 49.0 Å². The van der Waals surface area contributed by atoms with Crippen LogP contribution in [0.3, 0.4) is 0 Å². The van der Waals surface area contributed by atoms with Crippen molar-refractivity contribution in [3.05, 3.63) is 41.3 Å². The van der Waals surface area contributed by atoms with Crippen molar-refractivity contribution in [2.75, 3.05) is 31.1 Å². The number of carbonyl (C=O) groups is 2. The van der Waals surface area contributed by atoms with Crippen molar-refractivity contribution in [1.29, 1.82) is 0 Å². The van der Waals surface area contributed by atoms with Gasteiger partial charge in [0.25, 0.3) is 0 Å². The van der Waals surface area contributed by atoms with Gasteiger partial charge in [-0.05, 0) is 96.9 Å². The molecule has 0 bridgehead atoms. The third kappa shape index (κ3) is 5.69. The standard InChI is InChI=1S/C36H46ClFN6O3/c1-6-22(2)43-21-39-29-19-28(40-32(37)31(29)43)23-9-10-27-30(16-23)44(26-17-25(18-26)42-13-7-8-24(38)20-42)33(45)36(27)11-14-41(15-12-36)34(46)47-35(3,4)5/h9-10,16,19,21-22,24-26H,6-8,11-15,17-18,20H2,1-5H3/t22-,24?,25?,26?/m0/s1. The zero-order valence-electron chi connectivity index (χ0n) is 28.1. The number of rotatable bonds is 5. The smallest absolute Gasteiger partial charge is 0.410 e. The number of alkyl halides is 1. The van der Waals surface area contributed by atoms with E-state index in [1.165, 1.54) is 0 Å². The number of fused-ring (bicyclic) bond motifs is 3. The van der Waals surface area contributed by atoms with Crippen molar-refractivity contribution < 1.29 is 18.7 Å². The first-order chi connectivity index (χ1) is 22.4. The molecule has 1 saturated carbocycles. The van der Waals surface area contributed by atoms with E-state index < -0.39 is 17.2 Å². The maximum atomic E-state index is 14.7. The number of amides is 2. The van der Waals surface area contributed by atoms with Gasteiger partial charge in [0.2, 0.25) is 5.91 Å². The number of anilines is 1. The molecule has 0 radical (unpaired) electrons. The highest BCUT2D eigenvalue weighted by molar-refractivity contribution is 6.34. The molecule has 2 amide bonds. The van der Waals surface area contributed by atoms with Crippen LogP contribution in [0.25, 0.3) is 22.3 Å². The number of ether oxygens (including phenoxy) is 1. The molecule has 3 aromatic rings. The second kappa shape index (κ2) is 12.0. The van der Waals surface area contributed by atoms with E-state index in [1.807, 2.05) is 44.1 Å². The minimum Gasteiger partial charge on any atom is -0.444 e. The Morgan fingerprint density at radius 3 is 2.57 bits per heavy atom. The van der Waals surface area contributed by atoms with Crippen molar-refractivity contribution in [3.8, 4) is 11.3 Å². The van der Waals surface area contributed by atoms with Crippen LogP contribution in [0.2, 0.25) is 5.15 Å². The molecule has 4 aliphatic rings. The molecule has 7 rings (SSSR count). The lowest BCUT2D eigenvalue weighted by Crippen LogP contribution is -2.59. The Morgan fingerprint density at radius 2 is 1.89 bits per heavy atom. The maximum Gasteiger partial charge on any atom is 0.410 e. The van der Waals surface area contributed by atoms with E-state index in [0.717, 1.165) is 60.1 Å². The molecule has 2 aromatic heterocycles. The zero-order valence-corrected chi connectivity index (χ0v) is 28.9. The minimum absolute atomic E-state index is 0.0370. The van der Waals surface area contributed by atoms with Crippen LogP contribution in [-0.4, -0.2) is 86.4 Å². The van der Waals surface area contributed by atoms with Crippen molar-refractivity contribution >= 4 is 40.3 Å². The zero-order chi connectivity index (χ0) is 33.2. The van der Waals surface area contributed by atoms with Gasteiger partial charge in [0.05, 0.1) is 23.0 Å². The number of likely N-dealkylation sites (tertiary alicyclic amines) is 2. The van der Waals surface area contributed by atoms with Gasteiger partial charge >= 0.3 is 6.09 Å². The number of carbonyl (C=O) groups excluding carboxylic acids is 2. The Balaban J connectivity index is 1.21. The summed E-state index contributed by atoms with van der Waals surface area (Å²) in [7, 11) is 0. The molecule has 1 aliphatic carbocycles. The van der Waals surface area contributed by atoms with E-state index in [9.17, 15) is 14.0 Å². The van der Waals surface area contributed by atoms with Crippen molar-refractivity contribution in [1.82, 2.24) is 24.3 Å². The molecular formula is C36H46ClFN6O3. The van der Waals surface area contributed by atoms with E-state index in [1.54, 1.807) is 4.90 Å². The van der Waals surface area contributed by atoms with Crippen LogP contribution in [0.5, 0.6) is 0 Å². The van der Waals surface area contributed by atoms with Crippen LogP contribution in [0.4, 0.5) is 14.9 Å². The second-order valence-corrected chi connectivity index (χ2v) is 15.4. The number of hydrogen-bond acceptors (Lipinski definition) is 6. The molecular weight excluding hydrogens is 619 g/mol. The summed E-state index contributed by atoms with van der Waals surface area (Å²) in [6.45, 7) is 12.2. The van der Waals surface area contributed by atoms with Crippen LogP contribution in [-0.2, 0) is 14.9 Å². The first-order valence-electron chi connectivity index (χ1n) is 17.3. The third-order valence-electron chi connectivity index (χ3n) is 10.9. The lowest BCUT2D eigenvalue weighted by atomic mass is 9.73. The molecule has 2 atom stereocenters. The van der Waals surface area contributed by atoms with Crippen molar-refractivity contribution in [2.24, 2.45) is 0 Å². The number of halogens is 2. The fraction of sp³-hybridized carbons (Fsp3) is 0.611. The summed E-state index contributed by atoms with van der Waals surface area (Å²) in [6.07, 6.45) is 5.89. The summed E-state index contributed by atoms with van der Waals surface area (Å²) in [4.78, 5) is 43.1. The molecule has 0 N–H and O–H groups in total. The predicted octanol–water partition coefficient (Wildman–Crippen LogP) is 7.30. The highest BCUT2D eigenvalue weighted by Gasteiger charge is 2.56. The molecule has 2 saturated heterocycles. The Hall–Kier alpha value is -3.24. The topological polar surface area (TPSA) is 83.8 Å². The van der Waals surface area contributed by atoms with Gasteiger partial charge in [-0.15, -0.1) is 0 Å². The van der Waals surface area contributed by atoms with E-state index >= 15 is 0 Å². The van der Waals surface area contributed by atoms with Crippen LogP contribution < -0.4 is 4.90 Å². The molecule has 1 aromatic carbocycles. The van der Waals surface area contributed by atoms with Gasteiger partial charge < -0.3 is 19.1 Å². The Kier molecular flexibility index (Phi) is 8.26. The van der Waals surface area contributed by atoms with Crippen LogP contribution in [0.15, 0.2) is 30.6 Å². The summed E-state index contributed by atoms with van der Waals surface area (Å²) < 4.78 is 22.0. The molecule has 3 fully saturated rings. The fourth-order valence-corrected chi connectivity index (χ4v) is 8.32. The molecule has 5 heterocycles. The highest BCUT2D eigenvalue weighted by Crippen LogP contribution is 2.52. The number of benzene rings is 1. The fourth-order valence-electron chi connectivity index (χ4n) is 8.04. The Bertz CT molecular complexity index is 1690. The summed E-state index contributed by atoms with van der Waals surface area (Å²) >= 11 is 6.80. The largest absolute Gasteiger partial charge is 0.444 e. The Morgan fingerprint density at radius 1 is 1.15 bits per heavy atom. The lowest BCUT2D eigenvalue weighted by molar-refractivity contribution is -0.126. The van der Waals surface area contributed by atoms with E-state index in [-0.39, 0.29) is 30.1 Å². The molecule has 11 heteroatoms. The second-order valence-electron chi connectivity index (χ2n) is 15.0. The predicted molar refractivity (Wildman–Crippen MR) is 182 cm³/mol.